The number of carbonyl (C=O) groups excluding carboxylic acids is 1. The number of hydrogen-bond donors (Lipinski definition) is 0. The van der Waals surface area contributed by atoms with Gasteiger partial charge in [-0.3, -0.25) is 9.78 Å². The number of rotatable bonds is 5. The van der Waals surface area contributed by atoms with E-state index in [4.69, 9.17) is 11.6 Å². The number of hydrogen-bond acceptors (Lipinski definition) is 4. The van der Waals surface area contributed by atoms with Gasteiger partial charge in [-0.25, -0.2) is 0 Å². The number of aromatic nitrogens is 1. The summed E-state index contributed by atoms with van der Waals surface area (Å²) in [6.07, 6.45) is 1.68. The van der Waals surface area contributed by atoms with Gasteiger partial charge in [-0.15, -0.1) is 0 Å². The monoisotopic (exact) mass is 259 g/mol. The summed E-state index contributed by atoms with van der Waals surface area (Å²) in [4.78, 5) is 15.3. The molecule has 0 spiro atoms. The van der Waals surface area contributed by atoms with E-state index < -0.39 is 0 Å². The van der Waals surface area contributed by atoms with Crippen molar-refractivity contribution in [2.75, 3.05) is 12.9 Å². The molecule has 0 aromatic carbocycles. The van der Waals surface area contributed by atoms with Crippen LogP contribution in [0.15, 0.2) is 18.3 Å². The normalized spacial score (nSPS) is 12.2. The van der Waals surface area contributed by atoms with Crippen molar-refractivity contribution < 1.29 is 9.53 Å². The van der Waals surface area contributed by atoms with Crippen molar-refractivity contribution in [3.8, 4) is 0 Å². The van der Waals surface area contributed by atoms with Crippen LogP contribution in [-0.2, 0) is 15.3 Å². The van der Waals surface area contributed by atoms with Gasteiger partial charge in [-0.1, -0.05) is 18.5 Å². The summed E-state index contributed by atoms with van der Waals surface area (Å²) < 4.78 is 4.64. The minimum Gasteiger partial charge on any atom is -0.469 e. The van der Waals surface area contributed by atoms with Crippen LogP contribution in [0.25, 0.3) is 0 Å². The Morgan fingerprint density at radius 1 is 1.69 bits per heavy atom. The zero-order valence-electron chi connectivity index (χ0n) is 9.27. The van der Waals surface area contributed by atoms with Crippen LogP contribution in [0.1, 0.15) is 12.6 Å². The number of methoxy groups -OCH3 is 1. The zero-order chi connectivity index (χ0) is 12.0. The van der Waals surface area contributed by atoms with Gasteiger partial charge in [0.05, 0.1) is 18.7 Å². The van der Waals surface area contributed by atoms with Crippen molar-refractivity contribution in [3.63, 3.8) is 0 Å². The maximum atomic E-state index is 11.1. The number of carbonyl (C=O) groups is 1. The van der Waals surface area contributed by atoms with Gasteiger partial charge in [0.25, 0.3) is 0 Å². The molecular formula is C11H14ClNO2S. The van der Waals surface area contributed by atoms with Gasteiger partial charge in [-0.05, 0) is 12.1 Å². The first-order valence-electron chi connectivity index (χ1n) is 4.89. The van der Waals surface area contributed by atoms with Crippen molar-refractivity contribution in [2.45, 2.75) is 12.7 Å². The summed E-state index contributed by atoms with van der Waals surface area (Å²) >= 11 is 7.48. The highest BCUT2D eigenvalue weighted by Crippen LogP contribution is 2.17. The Morgan fingerprint density at radius 3 is 3.06 bits per heavy atom. The van der Waals surface area contributed by atoms with E-state index >= 15 is 0 Å². The van der Waals surface area contributed by atoms with Crippen molar-refractivity contribution in [1.82, 2.24) is 4.98 Å². The van der Waals surface area contributed by atoms with Crippen LogP contribution in [-0.4, -0.2) is 23.8 Å². The predicted octanol–water partition coefficient (Wildman–Crippen LogP) is 2.78. The summed E-state index contributed by atoms with van der Waals surface area (Å²) in [7, 11) is 1.40. The lowest BCUT2D eigenvalue weighted by atomic mass is 10.2. The Bertz CT molecular complexity index is 360. The summed E-state index contributed by atoms with van der Waals surface area (Å²) in [5.74, 6) is 1.21. The van der Waals surface area contributed by atoms with E-state index in [2.05, 4.69) is 9.72 Å². The van der Waals surface area contributed by atoms with Gasteiger partial charge in [0.15, 0.2) is 0 Å². The van der Waals surface area contributed by atoms with Crippen LogP contribution in [0.5, 0.6) is 0 Å². The highest BCUT2D eigenvalue weighted by Gasteiger charge is 2.12. The molecule has 1 aromatic heterocycles. The lowest BCUT2D eigenvalue weighted by molar-refractivity contribution is -0.143. The van der Waals surface area contributed by atoms with E-state index in [1.165, 1.54) is 7.11 Å². The number of nitrogens with zero attached hydrogens (tertiary/aromatic N) is 1. The molecule has 1 aromatic rings. The Morgan fingerprint density at radius 2 is 2.44 bits per heavy atom. The third-order valence-corrected chi connectivity index (χ3v) is 3.47. The molecule has 0 aliphatic heterocycles. The van der Waals surface area contributed by atoms with E-state index in [1.54, 1.807) is 24.0 Å². The van der Waals surface area contributed by atoms with E-state index in [0.717, 1.165) is 17.2 Å². The Labute approximate surface area is 105 Å². The second-order valence-electron chi connectivity index (χ2n) is 3.40. The van der Waals surface area contributed by atoms with E-state index in [9.17, 15) is 4.79 Å². The lowest BCUT2D eigenvalue weighted by Gasteiger charge is -2.08. The topological polar surface area (TPSA) is 39.2 Å². The molecule has 0 aliphatic rings. The van der Waals surface area contributed by atoms with Gasteiger partial charge in [0, 0.05) is 22.7 Å². The fourth-order valence-electron chi connectivity index (χ4n) is 1.14. The molecule has 16 heavy (non-hydrogen) atoms. The first-order valence-corrected chi connectivity index (χ1v) is 6.42. The van der Waals surface area contributed by atoms with Crippen LogP contribution >= 0.6 is 23.4 Å². The molecule has 5 heteroatoms. The third kappa shape index (κ3) is 4.41. The number of pyridine rings is 1. The first kappa shape index (κ1) is 13.3. The van der Waals surface area contributed by atoms with Crippen LogP contribution in [0.4, 0.5) is 0 Å². The first-order chi connectivity index (χ1) is 7.63. The average molecular weight is 260 g/mol. The smallest absolute Gasteiger partial charge is 0.309 e. The molecule has 88 valence electrons. The van der Waals surface area contributed by atoms with Gasteiger partial charge in [0.2, 0.25) is 0 Å². The number of esters is 1. The summed E-state index contributed by atoms with van der Waals surface area (Å²) in [6, 6.07) is 3.57. The quantitative estimate of drug-likeness (QED) is 0.763. The maximum Gasteiger partial charge on any atom is 0.309 e. The number of thioether (sulfide) groups is 1. The van der Waals surface area contributed by atoms with Crippen LogP contribution in [0.2, 0.25) is 5.02 Å². The molecular weight excluding hydrogens is 246 g/mol. The molecule has 1 unspecified atom stereocenters. The lowest BCUT2D eigenvalue weighted by Crippen LogP contribution is -2.14. The molecule has 0 N–H and O–H groups in total. The highest BCUT2D eigenvalue weighted by atomic mass is 35.5. The fraction of sp³-hybridized carbons (Fsp3) is 0.455. The van der Waals surface area contributed by atoms with E-state index in [1.807, 2.05) is 13.0 Å². The summed E-state index contributed by atoms with van der Waals surface area (Å²) in [5, 5.41) is 0.687. The zero-order valence-corrected chi connectivity index (χ0v) is 10.8. The van der Waals surface area contributed by atoms with Crippen LogP contribution in [0.3, 0.4) is 0 Å². The molecule has 0 saturated heterocycles. The molecule has 0 amide bonds. The molecule has 0 aliphatic carbocycles. The fourth-order valence-corrected chi connectivity index (χ4v) is 2.29. The summed E-state index contributed by atoms with van der Waals surface area (Å²) in [5.41, 5.74) is 0.926. The second-order valence-corrected chi connectivity index (χ2v) is 4.87. The van der Waals surface area contributed by atoms with Crippen LogP contribution in [0, 0.1) is 5.92 Å². The minimum atomic E-state index is -0.174. The van der Waals surface area contributed by atoms with Crippen molar-refractivity contribution >= 4 is 29.3 Å². The molecule has 0 fully saturated rings. The molecule has 1 heterocycles. The van der Waals surface area contributed by atoms with Gasteiger partial charge in [0.1, 0.15) is 0 Å². The third-order valence-electron chi connectivity index (χ3n) is 2.00. The molecule has 0 saturated carbocycles. The Hall–Kier alpha value is -0.740. The second kappa shape index (κ2) is 6.76. The number of halogens is 1. The molecule has 3 nitrogen and oxygen atoms in total. The predicted molar refractivity (Wildman–Crippen MR) is 66.6 cm³/mol. The largest absolute Gasteiger partial charge is 0.469 e. The standard InChI is InChI=1S/C11H14ClNO2S/c1-8(11(14)15-2)6-16-7-10-5-9(12)3-4-13-10/h3-5,8H,6-7H2,1-2H3. The number of ether oxygens (including phenoxy) is 1. The molecule has 1 atom stereocenters. The summed E-state index contributed by atoms with van der Waals surface area (Å²) in [6.45, 7) is 1.85. The van der Waals surface area contributed by atoms with Gasteiger partial charge in [-0.2, -0.15) is 11.8 Å². The minimum absolute atomic E-state index is 0.0887. The van der Waals surface area contributed by atoms with E-state index in [-0.39, 0.29) is 11.9 Å². The average Bonchev–Trinajstić information content (AvgIpc) is 2.28. The van der Waals surface area contributed by atoms with E-state index in [0.29, 0.717) is 5.02 Å². The van der Waals surface area contributed by atoms with Crippen molar-refractivity contribution in [3.05, 3.63) is 29.0 Å². The van der Waals surface area contributed by atoms with Crippen LogP contribution < -0.4 is 0 Å². The molecule has 0 bridgehead atoms. The van der Waals surface area contributed by atoms with Gasteiger partial charge < -0.3 is 4.74 Å². The maximum absolute atomic E-state index is 11.1. The Balaban J connectivity index is 2.33. The van der Waals surface area contributed by atoms with Gasteiger partial charge >= 0.3 is 5.97 Å². The highest BCUT2D eigenvalue weighted by molar-refractivity contribution is 7.98. The molecule has 0 radical (unpaired) electrons. The molecule has 1 rings (SSSR count). The Kier molecular flexibility index (Phi) is 5.63. The SMILES string of the molecule is COC(=O)C(C)CSCc1cc(Cl)ccn1. The van der Waals surface area contributed by atoms with Crippen molar-refractivity contribution in [2.24, 2.45) is 5.92 Å². The van der Waals surface area contributed by atoms with Crippen molar-refractivity contribution in [1.29, 1.82) is 0 Å².